The van der Waals surface area contributed by atoms with Crippen LogP contribution in [0.4, 0.5) is 5.69 Å². The van der Waals surface area contributed by atoms with Gasteiger partial charge in [0, 0.05) is 23.1 Å². The Morgan fingerprint density at radius 2 is 2.00 bits per heavy atom. The number of rotatable bonds is 4. The molecule has 0 aliphatic carbocycles. The van der Waals surface area contributed by atoms with E-state index < -0.39 is 0 Å². The molecule has 0 atom stereocenters. The number of hydrogen-bond acceptors (Lipinski definition) is 3. The molecule has 1 saturated heterocycles. The summed E-state index contributed by atoms with van der Waals surface area (Å²) in [6.45, 7) is 2.30. The van der Waals surface area contributed by atoms with Gasteiger partial charge in [-0.05, 0) is 28.1 Å². The summed E-state index contributed by atoms with van der Waals surface area (Å²) in [6.07, 6.45) is 0.849. The lowest BCUT2D eigenvalue weighted by molar-refractivity contribution is -0.0439. The fourth-order valence-corrected chi connectivity index (χ4v) is 1.93. The lowest BCUT2D eigenvalue weighted by atomic mass is 10.3. The molecule has 0 unspecified atom stereocenters. The maximum absolute atomic E-state index is 5.35. The Labute approximate surface area is 97.9 Å². The first kappa shape index (κ1) is 10.9. The smallest absolute Gasteiger partial charge is 0.159 e. The van der Waals surface area contributed by atoms with Crippen LogP contribution >= 0.6 is 15.9 Å². The molecule has 1 fully saturated rings. The van der Waals surface area contributed by atoms with E-state index in [4.69, 9.17) is 9.47 Å². The molecule has 0 saturated carbocycles. The topological polar surface area (TPSA) is 30.5 Å². The number of halogens is 1. The van der Waals surface area contributed by atoms with Gasteiger partial charge < -0.3 is 14.8 Å². The molecule has 1 N–H and O–H groups in total. The summed E-state index contributed by atoms with van der Waals surface area (Å²) >= 11 is 3.48. The number of para-hydroxylation sites is 1. The fraction of sp³-hybridized carbons (Fsp3) is 0.455. The van der Waals surface area contributed by atoms with Crippen LogP contribution in [0.25, 0.3) is 0 Å². The van der Waals surface area contributed by atoms with E-state index >= 15 is 0 Å². The van der Waals surface area contributed by atoms with Gasteiger partial charge in [-0.25, -0.2) is 0 Å². The average Bonchev–Trinajstić information content (AvgIpc) is 2.74. The predicted molar refractivity (Wildman–Crippen MR) is 62.9 cm³/mol. The Kier molecular flexibility index (Phi) is 4.00. The number of ether oxygens (including phenoxy) is 2. The average molecular weight is 272 g/mol. The number of hydrogen-bond donors (Lipinski definition) is 1. The second kappa shape index (κ2) is 5.49. The molecule has 4 heteroatoms. The van der Waals surface area contributed by atoms with Crippen LogP contribution in [0.5, 0.6) is 0 Å². The molecule has 15 heavy (non-hydrogen) atoms. The van der Waals surface area contributed by atoms with Crippen molar-refractivity contribution in [1.29, 1.82) is 0 Å². The third-order valence-corrected chi connectivity index (χ3v) is 2.95. The lowest BCUT2D eigenvalue weighted by Crippen LogP contribution is -2.14. The van der Waals surface area contributed by atoms with Crippen molar-refractivity contribution in [3.05, 3.63) is 28.7 Å². The fourth-order valence-electron chi connectivity index (χ4n) is 1.50. The third-order valence-electron chi connectivity index (χ3n) is 2.26. The van der Waals surface area contributed by atoms with E-state index in [1.807, 2.05) is 24.3 Å². The van der Waals surface area contributed by atoms with E-state index in [1.54, 1.807) is 0 Å². The van der Waals surface area contributed by atoms with E-state index in [2.05, 4.69) is 21.2 Å². The van der Waals surface area contributed by atoms with E-state index in [9.17, 15) is 0 Å². The summed E-state index contributed by atoms with van der Waals surface area (Å²) < 4.78 is 11.8. The second-order valence-electron chi connectivity index (χ2n) is 3.37. The summed E-state index contributed by atoms with van der Waals surface area (Å²) in [4.78, 5) is 0. The van der Waals surface area contributed by atoms with Gasteiger partial charge >= 0.3 is 0 Å². The molecule has 1 aromatic carbocycles. The Bertz CT molecular complexity index is 313. The monoisotopic (exact) mass is 271 g/mol. The Morgan fingerprint density at radius 1 is 1.27 bits per heavy atom. The van der Waals surface area contributed by atoms with E-state index in [-0.39, 0.29) is 6.29 Å². The zero-order chi connectivity index (χ0) is 10.5. The van der Waals surface area contributed by atoms with Crippen molar-refractivity contribution < 1.29 is 9.47 Å². The highest BCUT2D eigenvalue weighted by atomic mass is 79.9. The zero-order valence-corrected chi connectivity index (χ0v) is 10.00. The molecule has 1 aliphatic heterocycles. The molecule has 0 spiro atoms. The Morgan fingerprint density at radius 3 is 2.73 bits per heavy atom. The summed E-state index contributed by atoms with van der Waals surface area (Å²) in [5.74, 6) is 0. The van der Waals surface area contributed by atoms with Crippen molar-refractivity contribution in [3.63, 3.8) is 0 Å². The van der Waals surface area contributed by atoms with E-state index in [0.29, 0.717) is 0 Å². The maximum atomic E-state index is 5.35. The number of benzene rings is 1. The van der Waals surface area contributed by atoms with Gasteiger partial charge in [-0.15, -0.1) is 0 Å². The summed E-state index contributed by atoms with van der Waals surface area (Å²) in [5, 5.41) is 3.33. The highest BCUT2D eigenvalue weighted by Crippen LogP contribution is 2.21. The normalized spacial score (nSPS) is 16.9. The van der Waals surface area contributed by atoms with Crippen LogP contribution in [-0.4, -0.2) is 26.0 Å². The van der Waals surface area contributed by atoms with Gasteiger partial charge in [-0.2, -0.15) is 0 Å². The van der Waals surface area contributed by atoms with Gasteiger partial charge in [0.05, 0.1) is 13.2 Å². The SMILES string of the molecule is Brc1ccccc1NCCC1OCCO1. The number of anilines is 1. The zero-order valence-electron chi connectivity index (χ0n) is 8.41. The molecule has 1 aromatic rings. The minimum absolute atomic E-state index is 0.0278. The molecule has 2 rings (SSSR count). The van der Waals surface area contributed by atoms with Gasteiger partial charge in [0.25, 0.3) is 0 Å². The van der Waals surface area contributed by atoms with E-state index in [1.165, 1.54) is 0 Å². The van der Waals surface area contributed by atoms with Gasteiger partial charge in [-0.1, -0.05) is 12.1 Å². The first-order chi connectivity index (χ1) is 7.36. The maximum Gasteiger partial charge on any atom is 0.159 e. The molecular weight excluding hydrogens is 258 g/mol. The van der Waals surface area contributed by atoms with Crippen LogP contribution < -0.4 is 5.32 Å². The van der Waals surface area contributed by atoms with Crippen LogP contribution in [0.1, 0.15) is 6.42 Å². The van der Waals surface area contributed by atoms with Crippen molar-refractivity contribution in [3.8, 4) is 0 Å². The predicted octanol–water partition coefficient (Wildman–Crippen LogP) is 2.62. The Balaban J connectivity index is 1.75. The Hall–Kier alpha value is -0.580. The van der Waals surface area contributed by atoms with Gasteiger partial charge in [0.1, 0.15) is 0 Å². The van der Waals surface area contributed by atoms with Crippen molar-refractivity contribution in [1.82, 2.24) is 0 Å². The lowest BCUT2D eigenvalue weighted by Gasteiger charge is -2.11. The molecule has 82 valence electrons. The standard InChI is InChI=1S/C11H14BrNO2/c12-9-3-1-2-4-10(9)13-6-5-11-14-7-8-15-11/h1-4,11,13H,5-8H2. The molecule has 1 heterocycles. The summed E-state index contributed by atoms with van der Waals surface area (Å²) in [7, 11) is 0. The molecule has 0 amide bonds. The molecule has 1 aliphatic rings. The molecule has 3 nitrogen and oxygen atoms in total. The highest BCUT2D eigenvalue weighted by Gasteiger charge is 2.14. The van der Waals surface area contributed by atoms with Gasteiger partial charge in [-0.3, -0.25) is 0 Å². The number of nitrogens with one attached hydrogen (secondary N) is 1. The van der Waals surface area contributed by atoms with Crippen molar-refractivity contribution in [2.75, 3.05) is 25.1 Å². The first-order valence-corrected chi connectivity index (χ1v) is 5.87. The quantitative estimate of drug-likeness (QED) is 0.914. The van der Waals surface area contributed by atoms with Gasteiger partial charge in [0.2, 0.25) is 0 Å². The highest BCUT2D eigenvalue weighted by molar-refractivity contribution is 9.10. The van der Waals surface area contributed by atoms with Crippen molar-refractivity contribution in [2.45, 2.75) is 12.7 Å². The molecule has 0 bridgehead atoms. The van der Waals surface area contributed by atoms with E-state index in [0.717, 1.165) is 36.3 Å². The summed E-state index contributed by atoms with van der Waals surface area (Å²) in [5.41, 5.74) is 1.11. The van der Waals surface area contributed by atoms with Crippen molar-refractivity contribution in [2.24, 2.45) is 0 Å². The van der Waals surface area contributed by atoms with Crippen LogP contribution in [0.3, 0.4) is 0 Å². The minimum atomic E-state index is -0.0278. The van der Waals surface area contributed by atoms with Crippen LogP contribution in [0, 0.1) is 0 Å². The third kappa shape index (κ3) is 3.19. The van der Waals surface area contributed by atoms with Crippen LogP contribution in [-0.2, 0) is 9.47 Å². The van der Waals surface area contributed by atoms with Crippen LogP contribution in [0.2, 0.25) is 0 Å². The second-order valence-corrected chi connectivity index (χ2v) is 4.22. The minimum Gasteiger partial charge on any atom is -0.384 e. The molecule has 0 radical (unpaired) electrons. The molecular formula is C11H14BrNO2. The largest absolute Gasteiger partial charge is 0.384 e. The summed E-state index contributed by atoms with van der Waals surface area (Å²) in [6, 6.07) is 8.07. The van der Waals surface area contributed by atoms with Crippen molar-refractivity contribution >= 4 is 21.6 Å². The first-order valence-electron chi connectivity index (χ1n) is 5.08. The molecule has 0 aromatic heterocycles. The van der Waals surface area contributed by atoms with Crippen LogP contribution in [0.15, 0.2) is 28.7 Å². The van der Waals surface area contributed by atoms with Gasteiger partial charge in [0.15, 0.2) is 6.29 Å².